The van der Waals surface area contributed by atoms with Crippen LogP contribution in [0.25, 0.3) is 30.6 Å². The van der Waals surface area contributed by atoms with Gasteiger partial charge < -0.3 is 5.73 Å². The zero-order valence-corrected chi connectivity index (χ0v) is 17.1. The van der Waals surface area contributed by atoms with Crippen molar-refractivity contribution in [3.8, 4) is 30.6 Å². The summed E-state index contributed by atoms with van der Waals surface area (Å²) >= 11 is 15.6. The first-order chi connectivity index (χ1) is 13.0. The molecule has 3 N–H and O–H groups in total. The molecule has 0 aliphatic carbocycles. The number of thiophene rings is 2. The number of nitrogens with two attached hydrogens (primary N) is 1. The molecule has 6 heteroatoms. The topological polar surface area (TPSA) is 49.9 Å². The fourth-order valence-electron chi connectivity index (χ4n) is 2.71. The van der Waals surface area contributed by atoms with Gasteiger partial charge in [-0.25, -0.2) is 0 Å². The first-order valence-electron chi connectivity index (χ1n) is 8.11. The lowest BCUT2D eigenvalue weighted by molar-refractivity contribution is 1.43. The van der Waals surface area contributed by atoms with E-state index >= 15 is 0 Å². The molecule has 0 saturated carbocycles. The maximum absolute atomic E-state index is 7.49. The molecule has 0 unspecified atom stereocenters. The summed E-state index contributed by atoms with van der Waals surface area (Å²) in [4.78, 5) is 4.78. The Kier molecular flexibility index (Phi) is 5.06. The molecular formula is C21H14Cl2N2S2. The van der Waals surface area contributed by atoms with Crippen LogP contribution in [0.5, 0.6) is 0 Å². The predicted molar refractivity (Wildman–Crippen MR) is 120 cm³/mol. The number of rotatable bonds is 4. The molecule has 0 atom stereocenters. The normalized spacial score (nSPS) is 10.9. The quantitative estimate of drug-likeness (QED) is 0.258. The number of halogens is 2. The van der Waals surface area contributed by atoms with Gasteiger partial charge in [-0.05, 0) is 47.5 Å². The molecule has 134 valence electrons. The van der Waals surface area contributed by atoms with Crippen molar-refractivity contribution in [3.63, 3.8) is 0 Å². The molecule has 4 aromatic rings. The Morgan fingerprint density at radius 1 is 0.667 bits per heavy atom. The van der Waals surface area contributed by atoms with Crippen molar-refractivity contribution in [2.45, 2.75) is 0 Å². The summed E-state index contributed by atoms with van der Waals surface area (Å²) < 4.78 is 0. The van der Waals surface area contributed by atoms with Gasteiger partial charge in [0.1, 0.15) is 5.84 Å². The van der Waals surface area contributed by atoms with E-state index in [1.165, 1.54) is 14.6 Å². The number of hydrogen-bond donors (Lipinski definition) is 2. The van der Waals surface area contributed by atoms with E-state index < -0.39 is 0 Å². The van der Waals surface area contributed by atoms with Crippen molar-refractivity contribution in [2.75, 3.05) is 0 Å². The zero-order valence-electron chi connectivity index (χ0n) is 14.0. The third-order valence-corrected chi connectivity index (χ3v) is 7.34. The Morgan fingerprint density at radius 3 is 1.74 bits per heavy atom. The first kappa shape index (κ1) is 18.3. The van der Waals surface area contributed by atoms with Gasteiger partial charge in [-0.15, -0.1) is 22.7 Å². The van der Waals surface area contributed by atoms with Crippen molar-refractivity contribution in [1.82, 2.24) is 0 Å². The summed E-state index contributed by atoms with van der Waals surface area (Å²) in [7, 11) is 0. The predicted octanol–water partition coefficient (Wildman–Crippen LogP) is 7.40. The van der Waals surface area contributed by atoms with Gasteiger partial charge in [0.05, 0.1) is 10.0 Å². The molecule has 0 saturated heterocycles. The van der Waals surface area contributed by atoms with Crippen LogP contribution in [0, 0.1) is 5.41 Å². The molecule has 0 fully saturated rings. The van der Waals surface area contributed by atoms with Gasteiger partial charge in [0.25, 0.3) is 0 Å². The first-order valence-corrected chi connectivity index (χ1v) is 10.5. The van der Waals surface area contributed by atoms with Crippen LogP contribution in [0.1, 0.15) is 5.56 Å². The fourth-order valence-corrected chi connectivity index (χ4v) is 5.12. The van der Waals surface area contributed by atoms with E-state index in [-0.39, 0.29) is 5.84 Å². The molecule has 2 heterocycles. The Morgan fingerprint density at radius 2 is 1.19 bits per heavy atom. The summed E-state index contributed by atoms with van der Waals surface area (Å²) in [6, 6.07) is 22.0. The molecule has 0 spiro atoms. The molecule has 0 aliphatic rings. The van der Waals surface area contributed by atoms with Crippen LogP contribution in [-0.4, -0.2) is 5.84 Å². The third kappa shape index (κ3) is 3.80. The van der Waals surface area contributed by atoms with Gasteiger partial charge in [-0.3, -0.25) is 5.41 Å². The molecule has 0 radical (unpaired) electrons. The van der Waals surface area contributed by atoms with Gasteiger partial charge >= 0.3 is 0 Å². The average molecular weight is 429 g/mol. The molecule has 2 aromatic heterocycles. The van der Waals surface area contributed by atoms with Crippen LogP contribution >= 0.6 is 45.9 Å². The third-order valence-electron chi connectivity index (χ3n) is 4.14. The molecule has 0 aliphatic heterocycles. The highest BCUT2D eigenvalue weighted by atomic mass is 35.5. The standard InChI is InChI=1S/C21H14Cl2N2S2/c22-15-6-5-14(11-16(15)23)18-8-10-20(27-18)19-9-7-17(26-19)12-1-3-13(4-2-12)21(24)25/h1-11H,(H3,24,25). The summed E-state index contributed by atoms with van der Waals surface area (Å²) in [5.41, 5.74) is 8.45. The minimum absolute atomic E-state index is 0.0850. The van der Waals surface area contributed by atoms with Crippen molar-refractivity contribution in [3.05, 3.63) is 82.3 Å². The van der Waals surface area contributed by atoms with E-state index in [0.29, 0.717) is 10.0 Å². The average Bonchev–Trinajstić information content (AvgIpc) is 3.33. The van der Waals surface area contributed by atoms with Crippen molar-refractivity contribution >= 4 is 51.7 Å². The minimum atomic E-state index is 0.0850. The summed E-state index contributed by atoms with van der Waals surface area (Å²) in [6.45, 7) is 0. The number of amidine groups is 1. The van der Waals surface area contributed by atoms with Crippen LogP contribution < -0.4 is 5.73 Å². The molecular weight excluding hydrogens is 415 g/mol. The van der Waals surface area contributed by atoms with E-state index in [9.17, 15) is 0 Å². The number of nitrogen functional groups attached to an aromatic ring is 1. The van der Waals surface area contributed by atoms with Crippen molar-refractivity contribution in [2.24, 2.45) is 5.73 Å². The molecule has 0 amide bonds. The highest BCUT2D eigenvalue weighted by Crippen LogP contribution is 2.41. The van der Waals surface area contributed by atoms with Crippen molar-refractivity contribution < 1.29 is 0 Å². The lowest BCUT2D eigenvalue weighted by Gasteiger charge is -2.01. The van der Waals surface area contributed by atoms with Gasteiger partial charge in [0.2, 0.25) is 0 Å². The van der Waals surface area contributed by atoms with Gasteiger partial charge in [0, 0.05) is 25.1 Å². The maximum Gasteiger partial charge on any atom is 0.122 e. The van der Waals surface area contributed by atoms with E-state index in [1.54, 1.807) is 22.7 Å². The summed E-state index contributed by atoms with van der Waals surface area (Å²) in [5, 5.41) is 8.62. The Bertz CT molecular complexity index is 1130. The second-order valence-corrected chi connectivity index (χ2v) is 8.93. The number of benzene rings is 2. The second kappa shape index (κ2) is 7.49. The summed E-state index contributed by atoms with van der Waals surface area (Å²) in [6.07, 6.45) is 0. The molecule has 4 rings (SSSR count). The van der Waals surface area contributed by atoms with E-state index in [4.69, 9.17) is 34.3 Å². The van der Waals surface area contributed by atoms with Crippen LogP contribution in [0.15, 0.2) is 66.7 Å². The van der Waals surface area contributed by atoms with Crippen LogP contribution in [-0.2, 0) is 0 Å². The monoisotopic (exact) mass is 428 g/mol. The fraction of sp³-hybridized carbons (Fsp3) is 0. The highest BCUT2D eigenvalue weighted by molar-refractivity contribution is 7.25. The summed E-state index contributed by atoms with van der Waals surface area (Å²) in [5.74, 6) is 0.0850. The highest BCUT2D eigenvalue weighted by Gasteiger charge is 2.10. The van der Waals surface area contributed by atoms with Gasteiger partial charge in [-0.1, -0.05) is 53.5 Å². The van der Waals surface area contributed by atoms with E-state index in [1.807, 2.05) is 42.5 Å². The van der Waals surface area contributed by atoms with E-state index in [0.717, 1.165) is 21.6 Å². The van der Waals surface area contributed by atoms with Crippen LogP contribution in [0.4, 0.5) is 0 Å². The number of hydrogen-bond acceptors (Lipinski definition) is 3. The molecule has 0 bridgehead atoms. The SMILES string of the molecule is N=C(N)c1ccc(-c2ccc(-c3ccc(-c4ccc(Cl)c(Cl)c4)s3)s2)cc1. The maximum atomic E-state index is 7.49. The number of nitrogens with one attached hydrogen (secondary N) is 1. The Hall–Kier alpha value is -2.11. The molecule has 2 aromatic carbocycles. The van der Waals surface area contributed by atoms with Gasteiger partial charge in [0.15, 0.2) is 0 Å². The van der Waals surface area contributed by atoms with E-state index in [2.05, 4.69) is 24.3 Å². The Balaban J connectivity index is 1.61. The molecule has 27 heavy (non-hydrogen) atoms. The minimum Gasteiger partial charge on any atom is -0.384 e. The smallest absolute Gasteiger partial charge is 0.122 e. The molecule has 2 nitrogen and oxygen atoms in total. The zero-order chi connectivity index (χ0) is 19.0. The lowest BCUT2D eigenvalue weighted by atomic mass is 10.1. The lowest BCUT2D eigenvalue weighted by Crippen LogP contribution is -2.10. The van der Waals surface area contributed by atoms with Crippen molar-refractivity contribution in [1.29, 1.82) is 5.41 Å². The van der Waals surface area contributed by atoms with Gasteiger partial charge in [-0.2, -0.15) is 0 Å². The van der Waals surface area contributed by atoms with Crippen LogP contribution in [0.3, 0.4) is 0 Å². The largest absolute Gasteiger partial charge is 0.384 e. The Labute approximate surface area is 175 Å². The second-order valence-electron chi connectivity index (χ2n) is 5.95. The van der Waals surface area contributed by atoms with Crippen LogP contribution in [0.2, 0.25) is 10.0 Å².